The number of Topliss-reactive ketones (excluding diaryl/α,β-unsaturated/α-hetero) is 1. The predicted octanol–water partition coefficient (Wildman–Crippen LogP) is -3.50. The Kier molecular flexibility index (Phi) is 6.59. The van der Waals surface area contributed by atoms with Gasteiger partial charge in [-0.3, -0.25) is 34.7 Å². The van der Waals surface area contributed by atoms with E-state index in [0.717, 1.165) is 6.33 Å². The van der Waals surface area contributed by atoms with Gasteiger partial charge in [-0.05, 0) is 6.42 Å². The number of nitrogens with zero attached hydrogens (tertiary/aromatic N) is 3. The van der Waals surface area contributed by atoms with Crippen LogP contribution in [0.2, 0.25) is 0 Å². The minimum Gasteiger partial charge on any atom is -0.394 e. The van der Waals surface area contributed by atoms with Gasteiger partial charge in [0, 0.05) is 13.0 Å². The summed E-state index contributed by atoms with van der Waals surface area (Å²) in [7, 11) is 0. The molecule has 3 rings (SSSR count). The van der Waals surface area contributed by atoms with Gasteiger partial charge in [0.1, 0.15) is 18.3 Å². The second-order valence-electron chi connectivity index (χ2n) is 6.79. The lowest BCUT2D eigenvalue weighted by Gasteiger charge is -2.16. The van der Waals surface area contributed by atoms with E-state index in [1.807, 2.05) is 0 Å². The van der Waals surface area contributed by atoms with Crippen LogP contribution < -0.4 is 21.9 Å². The van der Waals surface area contributed by atoms with Crippen LogP contribution in [0.15, 0.2) is 11.1 Å². The maximum atomic E-state index is 12.3. The Hall–Kier alpha value is -3.40. The molecule has 0 spiro atoms. The Labute approximate surface area is 173 Å². The monoisotopic (exact) mass is 438 g/mol. The van der Waals surface area contributed by atoms with Crippen molar-refractivity contribution in [3.8, 4) is 0 Å². The number of amides is 1. The molecule has 0 aromatic carbocycles. The van der Waals surface area contributed by atoms with Crippen molar-refractivity contribution < 1.29 is 29.6 Å². The average molecular weight is 438 g/mol. The van der Waals surface area contributed by atoms with Gasteiger partial charge in [-0.2, -0.15) is 4.98 Å². The summed E-state index contributed by atoms with van der Waals surface area (Å²) in [6.45, 7) is -0.306. The fraction of sp³-hybridized carbons (Fsp3) is 0.500. The molecular weight excluding hydrogens is 416 g/mol. The maximum Gasteiger partial charge on any atom is 0.294 e. The average Bonchev–Trinajstić information content (AvgIpc) is 3.26. The molecule has 1 aliphatic heterocycles. The summed E-state index contributed by atoms with van der Waals surface area (Å²) in [6, 6.07) is 0. The zero-order chi connectivity index (χ0) is 22.7. The SMILES string of the molecule is N=C(N)NCCCC(=O)C(=O)Nc1nc2c(ncn2[C@@H]2O[C@H](CO)[C@@H](O)[C@H]2O)c(=O)[nH]1. The number of carbonyl (C=O) groups is 2. The summed E-state index contributed by atoms with van der Waals surface area (Å²) >= 11 is 0. The largest absolute Gasteiger partial charge is 0.394 e. The van der Waals surface area contributed by atoms with Crippen molar-refractivity contribution in [1.29, 1.82) is 5.41 Å². The second kappa shape index (κ2) is 9.17. The summed E-state index contributed by atoms with van der Waals surface area (Å²) < 4.78 is 6.59. The number of hydrogen-bond acceptors (Lipinski definition) is 10. The Balaban J connectivity index is 1.77. The molecule has 0 unspecified atom stereocenters. The van der Waals surface area contributed by atoms with Crippen LogP contribution in [0.4, 0.5) is 5.95 Å². The molecule has 0 bridgehead atoms. The number of carbonyl (C=O) groups excluding carboxylic acids is 2. The van der Waals surface area contributed by atoms with Crippen LogP contribution in [-0.4, -0.2) is 84.0 Å². The number of aliphatic hydroxyl groups excluding tert-OH is 3. The smallest absolute Gasteiger partial charge is 0.294 e. The van der Waals surface area contributed by atoms with Crippen LogP contribution in [0, 0.1) is 5.41 Å². The van der Waals surface area contributed by atoms with Gasteiger partial charge < -0.3 is 31.1 Å². The Morgan fingerprint density at radius 1 is 1.35 bits per heavy atom. The summed E-state index contributed by atoms with van der Waals surface area (Å²) in [6.07, 6.45) is -3.75. The first-order valence-electron chi connectivity index (χ1n) is 9.24. The molecule has 2 aromatic heterocycles. The minimum atomic E-state index is -1.43. The molecule has 168 valence electrons. The van der Waals surface area contributed by atoms with Crippen LogP contribution in [0.1, 0.15) is 19.1 Å². The lowest BCUT2D eigenvalue weighted by Crippen LogP contribution is -2.33. The molecule has 9 N–H and O–H groups in total. The number of H-pyrrole nitrogens is 1. The van der Waals surface area contributed by atoms with Gasteiger partial charge in [0.15, 0.2) is 23.4 Å². The third-order valence-electron chi connectivity index (χ3n) is 4.60. The van der Waals surface area contributed by atoms with E-state index in [1.165, 1.54) is 4.57 Å². The summed E-state index contributed by atoms with van der Waals surface area (Å²) in [5.41, 5.74) is 4.20. The number of fused-ring (bicyclic) bond motifs is 1. The van der Waals surface area contributed by atoms with Crippen LogP contribution in [0.5, 0.6) is 0 Å². The third kappa shape index (κ3) is 4.69. The summed E-state index contributed by atoms with van der Waals surface area (Å²) in [4.78, 5) is 46.6. The van der Waals surface area contributed by atoms with E-state index in [4.69, 9.17) is 15.9 Å². The minimum absolute atomic E-state index is 0.0769. The fourth-order valence-corrected chi connectivity index (χ4v) is 3.04. The van der Waals surface area contributed by atoms with Gasteiger partial charge in [0.2, 0.25) is 11.7 Å². The number of guanidine groups is 1. The topological polar surface area (TPSA) is 242 Å². The highest BCUT2D eigenvalue weighted by atomic mass is 16.6. The number of hydrogen-bond donors (Lipinski definition) is 8. The van der Waals surface area contributed by atoms with Gasteiger partial charge in [0.05, 0.1) is 12.9 Å². The normalized spacial score (nSPS) is 23.1. The number of nitrogens with two attached hydrogens (primary N) is 1. The molecule has 31 heavy (non-hydrogen) atoms. The van der Waals surface area contributed by atoms with Crippen molar-refractivity contribution in [3.63, 3.8) is 0 Å². The quantitative estimate of drug-likeness (QED) is 0.0869. The maximum absolute atomic E-state index is 12.3. The number of imidazole rings is 1. The third-order valence-corrected chi connectivity index (χ3v) is 4.60. The molecule has 15 nitrogen and oxygen atoms in total. The van der Waals surface area contributed by atoms with E-state index < -0.39 is 48.4 Å². The van der Waals surface area contributed by atoms with Gasteiger partial charge in [-0.25, -0.2) is 4.98 Å². The molecular formula is C16H22N8O7. The lowest BCUT2D eigenvalue weighted by molar-refractivity contribution is -0.134. The number of ether oxygens (including phenoxy) is 1. The fourth-order valence-electron chi connectivity index (χ4n) is 3.04. The van der Waals surface area contributed by atoms with Crippen LogP contribution in [0.3, 0.4) is 0 Å². The first-order chi connectivity index (χ1) is 14.7. The molecule has 1 saturated heterocycles. The predicted molar refractivity (Wildman–Crippen MR) is 104 cm³/mol. The van der Waals surface area contributed by atoms with Crippen LogP contribution in [0.25, 0.3) is 11.2 Å². The van der Waals surface area contributed by atoms with Crippen molar-refractivity contribution >= 4 is 34.8 Å². The standard InChI is InChI=1S/C16H22N8O7/c17-15(18)19-3-1-2-6(26)12(29)22-16-21-11-8(13(30)23-16)20-5-24(11)14-10(28)9(27)7(4-25)31-14/h5,7,9-10,14,25,27-28H,1-4H2,(H4,17,18,19)(H2,21,22,23,29,30)/t7-,9-,10-,14-/m1/s1. The zero-order valence-electron chi connectivity index (χ0n) is 16.1. The number of rotatable bonds is 8. The summed E-state index contributed by atoms with van der Waals surface area (Å²) in [5, 5.41) is 41.1. The first kappa shape index (κ1) is 22.3. The highest BCUT2D eigenvalue weighted by molar-refractivity contribution is 6.40. The van der Waals surface area contributed by atoms with Gasteiger partial charge in [-0.15, -0.1) is 0 Å². The lowest BCUT2D eigenvalue weighted by atomic mass is 10.1. The molecule has 0 saturated carbocycles. The van der Waals surface area contributed by atoms with Crippen molar-refractivity contribution in [2.75, 3.05) is 18.5 Å². The van der Waals surface area contributed by atoms with Crippen LogP contribution >= 0.6 is 0 Å². The Bertz CT molecular complexity index is 1050. The molecule has 3 heterocycles. The second-order valence-corrected chi connectivity index (χ2v) is 6.79. The molecule has 0 radical (unpaired) electrons. The van der Waals surface area contributed by atoms with Crippen molar-refractivity contribution in [1.82, 2.24) is 24.8 Å². The number of ketones is 1. The highest BCUT2D eigenvalue weighted by Gasteiger charge is 2.44. The molecule has 15 heteroatoms. The van der Waals surface area contributed by atoms with Gasteiger partial charge >= 0.3 is 0 Å². The van der Waals surface area contributed by atoms with E-state index in [1.54, 1.807) is 0 Å². The van der Waals surface area contributed by atoms with Gasteiger partial charge in [0.25, 0.3) is 11.5 Å². The summed E-state index contributed by atoms with van der Waals surface area (Å²) in [5.74, 6) is -2.36. The van der Waals surface area contributed by atoms with Crippen molar-refractivity contribution in [2.24, 2.45) is 5.73 Å². The van der Waals surface area contributed by atoms with Crippen LogP contribution in [-0.2, 0) is 14.3 Å². The first-order valence-corrected chi connectivity index (χ1v) is 9.24. The number of nitrogens with one attached hydrogen (secondary N) is 4. The molecule has 1 fully saturated rings. The van der Waals surface area contributed by atoms with E-state index >= 15 is 0 Å². The van der Waals surface area contributed by atoms with Gasteiger partial charge in [-0.1, -0.05) is 0 Å². The number of aliphatic hydroxyl groups is 3. The van der Waals surface area contributed by atoms with E-state index in [2.05, 4.69) is 25.6 Å². The molecule has 2 aromatic rings. The zero-order valence-corrected chi connectivity index (χ0v) is 16.1. The number of anilines is 1. The highest BCUT2D eigenvalue weighted by Crippen LogP contribution is 2.30. The molecule has 4 atom stereocenters. The molecule has 1 aliphatic rings. The van der Waals surface area contributed by atoms with E-state index in [9.17, 15) is 29.7 Å². The molecule has 0 aliphatic carbocycles. The molecule has 1 amide bonds. The number of aromatic nitrogens is 4. The Morgan fingerprint density at radius 3 is 2.74 bits per heavy atom. The van der Waals surface area contributed by atoms with Crippen molar-refractivity contribution in [2.45, 2.75) is 37.4 Å². The van der Waals surface area contributed by atoms with Crippen molar-refractivity contribution in [3.05, 3.63) is 16.7 Å². The Morgan fingerprint density at radius 2 is 2.10 bits per heavy atom. The van der Waals surface area contributed by atoms with E-state index in [-0.39, 0.29) is 42.5 Å². The number of aromatic amines is 1. The van der Waals surface area contributed by atoms with E-state index in [0.29, 0.717) is 0 Å².